The summed E-state index contributed by atoms with van der Waals surface area (Å²) in [7, 11) is 0. The molecule has 0 saturated heterocycles. The Labute approximate surface area is 179 Å². The number of carbonyl (C=O) groups is 2. The van der Waals surface area contributed by atoms with Crippen LogP contribution in [0.25, 0.3) is 5.52 Å². The van der Waals surface area contributed by atoms with Gasteiger partial charge in [0.15, 0.2) is 0 Å². The molecule has 0 radical (unpaired) electrons. The average molecular weight is 411 g/mol. The van der Waals surface area contributed by atoms with Gasteiger partial charge in [0.25, 0.3) is 5.91 Å². The molecule has 1 saturated carbocycles. The summed E-state index contributed by atoms with van der Waals surface area (Å²) >= 11 is 0. The second kappa shape index (κ2) is 9.45. The van der Waals surface area contributed by atoms with Crippen LogP contribution in [0.3, 0.4) is 0 Å². The second-order valence-corrected chi connectivity index (χ2v) is 8.91. The van der Waals surface area contributed by atoms with Crippen molar-refractivity contribution in [1.82, 2.24) is 20.2 Å². The Morgan fingerprint density at radius 2 is 1.97 bits per heavy atom. The average Bonchev–Trinajstić information content (AvgIpc) is 3.19. The van der Waals surface area contributed by atoms with Crippen LogP contribution in [0, 0.1) is 11.3 Å². The van der Waals surface area contributed by atoms with Crippen molar-refractivity contribution in [3.63, 3.8) is 0 Å². The summed E-state index contributed by atoms with van der Waals surface area (Å²) in [5.41, 5.74) is 2.59. The standard InChI is InChI=1S/C24H34N4O2/c1-5-8-17(9-6-2)14-22(29)25-16-18-15-21(24(18,3)4)27-23(30)19-10-7-13-28-20(19)11-12-26-28/h7,10-14,18,21H,5-6,8-9,15-16H2,1-4H3,(H,25,29)(H,27,30). The molecule has 0 aliphatic heterocycles. The number of allylic oxidation sites excluding steroid dienone is 1. The Hall–Kier alpha value is -2.63. The molecule has 2 unspecified atom stereocenters. The molecule has 1 aliphatic carbocycles. The molecule has 162 valence electrons. The Morgan fingerprint density at radius 1 is 1.23 bits per heavy atom. The fourth-order valence-corrected chi connectivity index (χ4v) is 4.36. The molecular formula is C24H34N4O2. The van der Waals surface area contributed by atoms with Crippen LogP contribution in [0.5, 0.6) is 0 Å². The SMILES string of the molecule is CCCC(=CC(=O)NCC1CC(NC(=O)c2cccn3nccc23)C1(C)C)CCC. The van der Waals surface area contributed by atoms with Crippen LogP contribution in [0.15, 0.2) is 42.2 Å². The maximum absolute atomic E-state index is 12.8. The highest BCUT2D eigenvalue weighted by atomic mass is 16.2. The van der Waals surface area contributed by atoms with Gasteiger partial charge >= 0.3 is 0 Å². The highest BCUT2D eigenvalue weighted by Crippen LogP contribution is 2.46. The van der Waals surface area contributed by atoms with E-state index in [0.29, 0.717) is 18.0 Å². The lowest BCUT2D eigenvalue weighted by molar-refractivity contribution is -0.117. The first-order chi connectivity index (χ1) is 14.4. The summed E-state index contributed by atoms with van der Waals surface area (Å²) in [4.78, 5) is 25.2. The van der Waals surface area contributed by atoms with Gasteiger partial charge in [-0.05, 0) is 48.8 Å². The van der Waals surface area contributed by atoms with E-state index in [2.05, 4.69) is 43.4 Å². The highest BCUT2D eigenvalue weighted by molar-refractivity contribution is 6.00. The van der Waals surface area contributed by atoms with Crippen molar-refractivity contribution < 1.29 is 9.59 Å². The van der Waals surface area contributed by atoms with Gasteiger partial charge in [0.2, 0.25) is 5.91 Å². The molecule has 6 heteroatoms. The molecule has 1 fully saturated rings. The molecule has 2 aromatic heterocycles. The van der Waals surface area contributed by atoms with Gasteiger partial charge < -0.3 is 10.6 Å². The third-order valence-electron chi connectivity index (χ3n) is 6.46. The zero-order valence-electron chi connectivity index (χ0n) is 18.6. The minimum Gasteiger partial charge on any atom is -0.352 e. The number of aromatic nitrogens is 2. The molecule has 1 aliphatic rings. The molecule has 3 rings (SSSR count). The van der Waals surface area contributed by atoms with Crippen LogP contribution >= 0.6 is 0 Å². The highest BCUT2D eigenvalue weighted by Gasteiger charge is 2.48. The fraction of sp³-hybridized carbons (Fsp3) is 0.542. The van der Waals surface area contributed by atoms with Crippen LogP contribution in [-0.2, 0) is 4.79 Å². The normalized spacial score (nSPS) is 19.7. The Kier molecular flexibility index (Phi) is 6.95. The number of amides is 2. The quantitative estimate of drug-likeness (QED) is 0.611. The van der Waals surface area contributed by atoms with Crippen molar-refractivity contribution in [2.75, 3.05) is 6.54 Å². The summed E-state index contributed by atoms with van der Waals surface area (Å²) < 4.78 is 1.71. The van der Waals surface area contributed by atoms with E-state index < -0.39 is 0 Å². The minimum absolute atomic E-state index is 0.00240. The van der Waals surface area contributed by atoms with Crippen LogP contribution < -0.4 is 10.6 Å². The summed E-state index contributed by atoms with van der Waals surface area (Å²) in [5.74, 6) is 0.266. The van der Waals surface area contributed by atoms with Gasteiger partial charge in [-0.1, -0.05) is 46.1 Å². The van der Waals surface area contributed by atoms with Gasteiger partial charge in [-0.2, -0.15) is 5.10 Å². The predicted molar refractivity (Wildman–Crippen MR) is 119 cm³/mol. The second-order valence-electron chi connectivity index (χ2n) is 8.91. The van der Waals surface area contributed by atoms with Crippen molar-refractivity contribution >= 4 is 17.3 Å². The van der Waals surface area contributed by atoms with Crippen molar-refractivity contribution in [3.05, 3.63) is 47.8 Å². The van der Waals surface area contributed by atoms with Gasteiger partial charge in [0, 0.05) is 24.9 Å². The van der Waals surface area contributed by atoms with E-state index in [1.54, 1.807) is 16.8 Å². The predicted octanol–water partition coefficient (Wildman–Crippen LogP) is 4.12. The van der Waals surface area contributed by atoms with Gasteiger partial charge in [-0.25, -0.2) is 4.52 Å². The Balaban J connectivity index is 1.54. The Bertz CT molecular complexity index is 920. The number of nitrogens with zero attached hydrogens (tertiary/aromatic N) is 2. The van der Waals surface area contributed by atoms with E-state index in [9.17, 15) is 9.59 Å². The number of hydrogen-bond acceptors (Lipinski definition) is 3. The van der Waals surface area contributed by atoms with Crippen molar-refractivity contribution in [2.24, 2.45) is 11.3 Å². The lowest BCUT2D eigenvalue weighted by Gasteiger charge is -2.52. The Morgan fingerprint density at radius 3 is 2.63 bits per heavy atom. The topological polar surface area (TPSA) is 75.5 Å². The molecule has 2 N–H and O–H groups in total. The molecule has 2 atom stereocenters. The smallest absolute Gasteiger partial charge is 0.253 e. The fourth-order valence-electron chi connectivity index (χ4n) is 4.36. The number of nitrogens with one attached hydrogen (secondary N) is 2. The molecular weight excluding hydrogens is 376 g/mol. The lowest BCUT2D eigenvalue weighted by atomic mass is 9.58. The number of carbonyl (C=O) groups excluding carboxylic acids is 2. The van der Waals surface area contributed by atoms with E-state index in [0.717, 1.165) is 37.6 Å². The molecule has 2 aromatic rings. The van der Waals surface area contributed by atoms with Gasteiger partial charge in [0.05, 0.1) is 17.3 Å². The lowest BCUT2D eigenvalue weighted by Crippen LogP contribution is -2.60. The molecule has 0 bridgehead atoms. The third-order valence-corrected chi connectivity index (χ3v) is 6.46. The van der Waals surface area contributed by atoms with Crippen LogP contribution in [0.1, 0.15) is 70.2 Å². The van der Waals surface area contributed by atoms with Gasteiger partial charge in [0.1, 0.15) is 0 Å². The molecule has 0 spiro atoms. The minimum atomic E-state index is -0.0758. The first-order valence-corrected chi connectivity index (χ1v) is 11.1. The molecule has 6 nitrogen and oxygen atoms in total. The zero-order chi connectivity index (χ0) is 21.7. The summed E-state index contributed by atoms with van der Waals surface area (Å²) in [6.07, 6.45) is 10.2. The number of hydrogen-bond donors (Lipinski definition) is 2. The first-order valence-electron chi connectivity index (χ1n) is 11.1. The van der Waals surface area contributed by atoms with E-state index in [4.69, 9.17) is 0 Å². The van der Waals surface area contributed by atoms with Crippen LogP contribution in [-0.4, -0.2) is 34.0 Å². The largest absolute Gasteiger partial charge is 0.352 e. The van der Waals surface area contributed by atoms with E-state index in [1.165, 1.54) is 5.57 Å². The van der Waals surface area contributed by atoms with Gasteiger partial charge in [-0.3, -0.25) is 9.59 Å². The van der Waals surface area contributed by atoms with Crippen molar-refractivity contribution in [2.45, 2.75) is 65.8 Å². The maximum Gasteiger partial charge on any atom is 0.253 e. The summed E-state index contributed by atoms with van der Waals surface area (Å²) in [5, 5.41) is 10.4. The number of rotatable bonds is 9. The zero-order valence-corrected chi connectivity index (χ0v) is 18.6. The van der Waals surface area contributed by atoms with Crippen LogP contribution in [0.2, 0.25) is 0 Å². The number of fused-ring (bicyclic) bond motifs is 1. The maximum atomic E-state index is 12.8. The number of pyridine rings is 1. The monoisotopic (exact) mass is 410 g/mol. The first kappa shape index (κ1) is 22.1. The van der Waals surface area contributed by atoms with Crippen molar-refractivity contribution in [1.29, 1.82) is 0 Å². The van der Waals surface area contributed by atoms with Crippen LogP contribution in [0.4, 0.5) is 0 Å². The molecule has 2 amide bonds. The third kappa shape index (κ3) is 4.74. The molecule has 2 heterocycles. The molecule has 0 aromatic carbocycles. The summed E-state index contributed by atoms with van der Waals surface area (Å²) in [6, 6.07) is 5.59. The van der Waals surface area contributed by atoms with E-state index in [1.807, 2.05) is 24.4 Å². The van der Waals surface area contributed by atoms with E-state index >= 15 is 0 Å². The summed E-state index contributed by atoms with van der Waals surface area (Å²) in [6.45, 7) is 9.24. The molecule has 30 heavy (non-hydrogen) atoms. The van der Waals surface area contributed by atoms with Gasteiger partial charge in [-0.15, -0.1) is 0 Å². The van der Waals surface area contributed by atoms with E-state index in [-0.39, 0.29) is 23.3 Å². The van der Waals surface area contributed by atoms with Crippen molar-refractivity contribution in [3.8, 4) is 0 Å².